The lowest BCUT2D eigenvalue weighted by atomic mass is 10.0. The Bertz CT molecular complexity index is 1300. The Hall–Kier alpha value is -3.60. The van der Waals surface area contributed by atoms with Crippen LogP contribution in [0.5, 0.6) is 5.75 Å². The summed E-state index contributed by atoms with van der Waals surface area (Å²) in [5, 5.41) is 1.93. The van der Waals surface area contributed by atoms with Crippen LogP contribution in [-0.4, -0.2) is 23.5 Å². The van der Waals surface area contributed by atoms with Crippen LogP contribution in [0.15, 0.2) is 54.6 Å². The maximum atomic E-state index is 13.3. The minimum absolute atomic E-state index is 0.322. The molecule has 0 saturated heterocycles. The Morgan fingerprint density at radius 2 is 1.61 bits per heavy atom. The lowest BCUT2D eigenvalue weighted by Gasteiger charge is -2.14. The van der Waals surface area contributed by atoms with Crippen LogP contribution in [0.25, 0.3) is 21.8 Å². The number of aryl methyl sites for hydroxylation is 2. The van der Waals surface area contributed by atoms with Crippen LogP contribution >= 0.6 is 0 Å². The quantitative estimate of drug-likeness (QED) is 0.490. The predicted octanol–water partition coefficient (Wildman–Crippen LogP) is 4.45. The Labute approximate surface area is 161 Å². The summed E-state index contributed by atoms with van der Waals surface area (Å²) >= 11 is 0. The van der Waals surface area contributed by atoms with Crippen molar-refractivity contribution >= 4 is 39.3 Å². The normalized spacial score (nSPS) is 13.6. The maximum absolute atomic E-state index is 13.3. The number of fused-ring (bicyclic) bond motifs is 4. The van der Waals surface area contributed by atoms with E-state index in [1.807, 2.05) is 61.0 Å². The molecule has 3 aromatic carbocycles. The fraction of sp³-hybridized carbons (Fsp3) is 0.130. The average molecular weight is 370 g/mol. The van der Waals surface area contributed by atoms with Gasteiger partial charge in [0.1, 0.15) is 0 Å². The molecule has 2 amide bonds. The Morgan fingerprint density at radius 3 is 2.32 bits per heavy atom. The number of methoxy groups -OCH3 is 1. The van der Waals surface area contributed by atoms with Gasteiger partial charge in [-0.2, -0.15) is 0 Å². The van der Waals surface area contributed by atoms with Crippen LogP contribution in [0.2, 0.25) is 0 Å². The SMILES string of the molecule is COc1c2c(cc3c4ccccc4n(C)c13)C(=O)N(c1ccc(C)cc1)C2=O. The second-order valence-electron chi connectivity index (χ2n) is 7.09. The topological polar surface area (TPSA) is 51.5 Å². The number of benzene rings is 3. The van der Waals surface area contributed by atoms with Crippen LogP contribution in [0, 0.1) is 6.92 Å². The first-order valence-corrected chi connectivity index (χ1v) is 9.06. The lowest BCUT2D eigenvalue weighted by molar-refractivity contribution is 0.0925. The van der Waals surface area contributed by atoms with Crippen molar-refractivity contribution in [3.63, 3.8) is 0 Å². The Morgan fingerprint density at radius 1 is 0.893 bits per heavy atom. The second-order valence-corrected chi connectivity index (χ2v) is 7.09. The summed E-state index contributed by atoms with van der Waals surface area (Å²) in [6.07, 6.45) is 0. The third kappa shape index (κ3) is 2.01. The molecule has 5 heteroatoms. The van der Waals surface area contributed by atoms with Gasteiger partial charge in [0.25, 0.3) is 11.8 Å². The number of amides is 2. The van der Waals surface area contributed by atoms with Gasteiger partial charge in [-0.05, 0) is 31.2 Å². The van der Waals surface area contributed by atoms with Gasteiger partial charge in [-0.25, -0.2) is 4.90 Å². The lowest BCUT2D eigenvalue weighted by Crippen LogP contribution is -2.29. The van der Waals surface area contributed by atoms with E-state index in [9.17, 15) is 9.59 Å². The van der Waals surface area contributed by atoms with Crippen LogP contribution in [0.3, 0.4) is 0 Å². The molecule has 0 atom stereocenters. The van der Waals surface area contributed by atoms with Crippen molar-refractivity contribution in [1.82, 2.24) is 4.57 Å². The van der Waals surface area contributed by atoms with E-state index in [0.29, 0.717) is 22.6 Å². The molecule has 0 radical (unpaired) electrons. The molecule has 1 aromatic heterocycles. The molecule has 2 heterocycles. The van der Waals surface area contributed by atoms with Gasteiger partial charge in [-0.3, -0.25) is 9.59 Å². The van der Waals surface area contributed by atoms with E-state index in [1.165, 1.54) is 4.90 Å². The summed E-state index contributed by atoms with van der Waals surface area (Å²) in [5.41, 5.74) is 4.17. The molecule has 0 bridgehead atoms. The number of para-hydroxylation sites is 1. The molecule has 0 spiro atoms. The summed E-state index contributed by atoms with van der Waals surface area (Å²) in [7, 11) is 3.48. The van der Waals surface area contributed by atoms with Crippen molar-refractivity contribution in [3.05, 3.63) is 71.3 Å². The molecule has 0 saturated carbocycles. The average Bonchev–Trinajstić information content (AvgIpc) is 3.14. The molecular weight excluding hydrogens is 352 g/mol. The molecule has 4 aromatic rings. The highest BCUT2D eigenvalue weighted by atomic mass is 16.5. The number of hydrogen-bond donors (Lipinski definition) is 0. The van der Waals surface area contributed by atoms with Crippen LogP contribution < -0.4 is 9.64 Å². The van der Waals surface area contributed by atoms with Gasteiger partial charge in [0, 0.05) is 23.3 Å². The number of hydrogen-bond acceptors (Lipinski definition) is 3. The number of imide groups is 1. The summed E-state index contributed by atoms with van der Waals surface area (Å²) in [6.45, 7) is 1.97. The number of nitrogens with zero attached hydrogens (tertiary/aromatic N) is 2. The number of anilines is 1. The number of ether oxygens (including phenoxy) is 1. The van der Waals surface area contributed by atoms with Crippen LogP contribution in [0.1, 0.15) is 26.3 Å². The van der Waals surface area contributed by atoms with Gasteiger partial charge in [-0.15, -0.1) is 0 Å². The first kappa shape index (κ1) is 16.6. The summed E-state index contributed by atoms with van der Waals surface area (Å²) in [4.78, 5) is 27.7. The van der Waals surface area contributed by atoms with Gasteiger partial charge in [-0.1, -0.05) is 35.9 Å². The molecule has 1 aliphatic heterocycles. The van der Waals surface area contributed by atoms with Crippen molar-refractivity contribution in [2.45, 2.75) is 6.92 Å². The minimum Gasteiger partial charge on any atom is -0.494 e. The fourth-order valence-electron chi connectivity index (χ4n) is 4.13. The van der Waals surface area contributed by atoms with Crippen molar-refractivity contribution in [1.29, 1.82) is 0 Å². The molecular formula is C23H18N2O3. The monoisotopic (exact) mass is 370 g/mol. The Balaban J connectivity index is 1.82. The number of carbonyl (C=O) groups excluding carboxylic acids is 2. The molecule has 5 rings (SSSR count). The van der Waals surface area contributed by atoms with Crippen LogP contribution in [0.4, 0.5) is 5.69 Å². The highest BCUT2D eigenvalue weighted by molar-refractivity contribution is 6.37. The van der Waals surface area contributed by atoms with Gasteiger partial charge in [0.2, 0.25) is 0 Å². The summed E-state index contributed by atoms with van der Waals surface area (Å²) in [5.74, 6) is -0.232. The van der Waals surface area contributed by atoms with Gasteiger partial charge < -0.3 is 9.30 Å². The molecule has 0 unspecified atom stereocenters. The number of aromatic nitrogens is 1. The van der Waals surface area contributed by atoms with E-state index in [-0.39, 0.29) is 11.8 Å². The molecule has 28 heavy (non-hydrogen) atoms. The van der Waals surface area contributed by atoms with Crippen molar-refractivity contribution < 1.29 is 14.3 Å². The van der Waals surface area contributed by atoms with Crippen molar-refractivity contribution in [3.8, 4) is 5.75 Å². The first-order valence-electron chi connectivity index (χ1n) is 9.06. The minimum atomic E-state index is -0.354. The van der Waals surface area contributed by atoms with E-state index in [1.54, 1.807) is 19.2 Å². The maximum Gasteiger partial charge on any atom is 0.270 e. The van der Waals surface area contributed by atoms with Gasteiger partial charge in [0.05, 0.1) is 29.4 Å². The Kier molecular flexibility index (Phi) is 3.37. The van der Waals surface area contributed by atoms with Crippen molar-refractivity contribution in [2.24, 2.45) is 7.05 Å². The zero-order valence-corrected chi connectivity index (χ0v) is 15.8. The molecule has 138 valence electrons. The standard InChI is InChI=1S/C23H18N2O3/c1-13-8-10-14(11-9-13)25-22(26)17-12-16-15-6-4-5-7-18(15)24(2)20(16)21(28-3)19(17)23(25)27/h4-12H,1-3H3. The van der Waals surface area contributed by atoms with E-state index >= 15 is 0 Å². The molecule has 5 nitrogen and oxygen atoms in total. The smallest absolute Gasteiger partial charge is 0.270 e. The summed E-state index contributed by atoms with van der Waals surface area (Å²) < 4.78 is 7.69. The van der Waals surface area contributed by atoms with Crippen LogP contribution in [-0.2, 0) is 7.05 Å². The second kappa shape index (κ2) is 5.70. The van der Waals surface area contributed by atoms with Crippen molar-refractivity contribution in [2.75, 3.05) is 12.0 Å². The van der Waals surface area contributed by atoms with E-state index in [2.05, 4.69) is 0 Å². The zero-order chi connectivity index (χ0) is 19.6. The van der Waals surface area contributed by atoms with E-state index in [4.69, 9.17) is 4.74 Å². The number of carbonyl (C=O) groups is 2. The molecule has 0 fully saturated rings. The van der Waals surface area contributed by atoms with E-state index in [0.717, 1.165) is 27.4 Å². The largest absolute Gasteiger partial charge is 0.494 e. The molecule has 0 aliphatic carbocycles. The first-order chi connectivity index (χ1) is 13.5. The third-order valence-electron chi connectivity index (χ3n) is 5.49. The highest BCUT2D eigenvalue weighted by Crippen LogP contribution is 2.42. The summed E-state index contributed by atoms with van der Waals surface area (Å²) in [6, 6.07) is 17.1. The van der Waals surface area contributed by atoms with Gasteiger partial charge in [0.15, 0.2) is 5.75 Å². The predicted molar refractivity (Wildman–Crippen MR) is 109 cm³/mol. The highest BCUT2D eigenvalue weighted by Gasteiger charge is 2.41. The molecule has 1 aliphatic rings. The fourth-order valence-corrected chi connectivity index (χ4v) is 4.13. The third-order valence-corrected chi connectivity index (χ3v) is 5.49. The van der Waals surface area contributed by atoms with Gasteiger partial charge >= 0.3 is 0 Å². The number of rotatable bonds is 2. The van der Waals surface area contributed by atoms with E-state index < -0.39 is 0 Å². The zero-order valence-electron chi connectivity index (χ0n) is 15.8. The molecule has 0 N–H and O–H groups in total.